The zero-order chi connectivity index (χ0) is 43.0. The van der Waals surface area contributed by atoms with Crippen molar-refractivity contribution in [1.29, 1.82) is 0 Å². The SMILES string of the molecule is CCCCC/C=C\C/C=C\CCCCCCCCCC(=O)OC(COC(=O)CCCCCCCC)COC(=O)CCCCCCCCCCCCCCCCCCCC. The quantitative estimate of drug-likeness (QED) is 0.0263. The van der Waals surface area contributed by atoms with Gasteiger partial charge in [0, 0.05) is 19.3 Å². The van der Waals surface area contributed by atoms with E-state index in [9.17, 15) is 14.4 Å². The molecule has 0 fully saturated rings. The van der Waals surface area contributed by atoms with E-state index < -0.39 is 6.10 Å². The Morgan fingerprint density at radius 2 is 0.610 bits per heavy atom. The van der Waals surface area contributed by atoms with Crippen LogP contribution in [0.5, 0.6) is 0 Å². The van der Waals surface area contributed by atoms with E-state index >= 15 is 0 Å². The molecule has 59 heavy (non-hydrogen) atoms. The molecule has 6 nitrogen and oxygen atoms in total. The minimum absolute atomic E-state index is 0.0706. The standard InChI is InChI=1S/C53H98O6/c1-4-7-10-13-16-18-20-22-24-26-28-29-31-33-35-37-40-43-46-52(55)58-49-50(48-57-51(54)45-42-39-15-12-9-6-3)59-53(56)47-44-41-38-36-34-32-30-27-25-23-21-19-17-14-11-8-5-2/h17,19,23,25,50H,4-16,18,20-22,24,26-49H2,1-3H3/b19-17-,25-23-. The van der Waals surface area contributed by atoms with E-state index in [1.807, 2.05) is 0 Å². The van der Waals surface area contributed by atoms with Crippen LogP contribution >= 0.6 is 0 Å². The molecular formula is C53H98O6. The van der Waals surface area contributed by atoms with Crippen molar-refractivity contribution in [3.05, 3.63) is 24.3 Å². The van der Waals surface area contributed by atoms with Gasteiger partial charge in [-0.05, 0) is 51.4 Å². The molecule has 0 aromatic rings. The topological polar surface area (TPSA) is 78.9 Å². The van der Waals surface area contributed by atoms with E-state index in [-0.39, 0.29) is 31.1 Å². The Hall–Kier alpha value is -2.11. The van der Waals surface area contributed by atoms with Gasteiger partial charge < -0.3 is 14.2 Å². The summed E-state index contributed by atoms with van der Waals surface area (Å²) in [4.78, 5) is 37.7. The van der Waals surface area contributed by atoms with Crippen LogP contribution in [0.25, 0.3) is 0 Å². The molecule has 0 spiro atoms. The number of ether oxygens (including phenoxy) is 3. The molecule has 1 atom stereocenters. The van der Waals surface area contributed by atoms with Crippen molar-refractivity contribution in [2.75, 3.05) is 13.2 Å². The molecule has 0 heterocycles. The number of rotatable bonds is 47. The smallest absolute Gasteiger partial charge is 0.306 e. The predicted octanol–water partition coefficient (Wildman–Crippen LogP) is 16.8. The number of carbonyl (C=O) groups is 3. The first kappa shape index (κ1) is 56.9. The molecule has 0 rings (SSSR count). The molecule has 0 bridgehead atoms. The summed E-state index contributed by atoms with van der Waals surface area (Å²) in [6, 6.07) is 0. The van der Waals surface area contributed by atoms with Crippen molar-refractivity contribution in [2.24, 2.45) is 0 Å². The first-order valence-electron chi connectivity index (χ1n) is 25.8. The van der Waals surface area contributed by atoms with Gasteiger partial charge >= 0.3 is 17.9 Å². The molecule has 0 saturated heterocycles. The van der Waals surface area contributed by atoms with Gasteiger partial charge in [0.2, 0.25) is 0 Å². The number of unbranched alkanes of at least 4 members (excludes halogenated alkanes) is 32. The normalized spacial score (nSPS) is 12.1. The van der Waals surface area contributed by atoms with Crippen LogP contribution in [0.3, 0.4) is 0 Å². The molecule has 0 N–H and O–H groups in total. The van der Waals surface area contributed by atoms with E-state index in [2.05, 4.69) is 45.1 Å². The lowest BCUT2D eigenvalue weighted by molar-refractivity contribution is -0.167. The summed E-state index contributed by atoms with van der Waals surface area (Å²) in [5.41, 5.74) is 0. The Morgan fingerprint density at radius 1 is 0.339 bits per heavy atom. The van der Waals surface area contributed by atoms with E-state index in [1.165, 1.54) is 167 Å². The van der Waals surface area contributed by atoms with Gasteiger partial charge in [-0.3, -0.25) is 14.4 Å². The van der Waals surface area contributed by atoms with Gasteiger partial charge in [-0.25, -0.2) is 0 Å². The average molecular weight is 831 g/mol. The zero-order valence-electron chi connectivity index (χ0n) is 39.5. The molecular weight excluding hydrogens is 733 g/mol. The Balaban J connectivity index is 4.18. The highest BCUT2D eigenvalue weighted by molar-refractivity contribution is 5.71. The van der Waals surface area contributed by atoms with Gasteiger partial charge in [0.05, 0.1) is 0 Å². The molecule has 0 amide bonds. The third-order valence-electron chi connectivity index (χ3n) is 11.5. The Morgan fingerprint density at radius 3 is 0.966 bits per heavy atom. The van der Waals surface area contributed by atoms with E-state index in [0.717, 1.165) is 70.6 Å². The molecule has 0 aliphatic carbocycles. The summed E-state index contributed by atoms with van der Waals surface area (Å²) in [6.07, 6.45) is 54.7. The van der Waals surface area contributed by atoms with Crippen LogP contribution in [0.15, 0.2) is 24.3 Å². The molecule has 1 unspecified atom stereocenters. The fourth-order valence-electron chi connectivity index (χ4n) is 7.53. The summed E-state index contributed by atoms with van der Waals surface area (Å²) >= 11 is 0. The molecule has 0 aromatic heterocycles. The van der Waals surface area contributed by atoms with Crippen molar-refractivity contribution < 1.29 is 28.6 Å². The number of esters is 3. The maximum absolute atomic E-state index is 12.7. The largest absolute Gasteiger partial charge is 0.462 e. The Labute approximate surface area is 366 Å². The molecule has 0 aliphatic rings. The van der Waals surface area contributed by atoms with Gasteiger partial charge in [0.25, 0.3) is 0 Å². The summed E-state index contributed by atoms with van der Waals surface area (Å²) in [5, 5.41) is 0. The molecule has 0 radical (unpaired) electrons. The Kier molecular flexibility index (Phi) is 46.8. The highest BCUT2D eigenvalue weighted by Gasteiger charge is 2.19. The second-order valence-corrected chi connectivity index (χ2v) is 17.4. The average Bonchev–Trinajstić information content (AvgIpc) is 3.23. The second-order valence-electron chi connectivity index (χ2n) is 17.4. The van der Waals surface area contributed by atoms with Crippen LogP contribution in [-0.4, -0.2) is 37.2 Å². The fraction of sp³-hybridized carbons (Fsp3) is 0.868. The van der Waals surface area contributed by atoms with Gasteiger partial charge in [0.15, 0.2) is 6.10 Å². The monoisotopic (exact) mass is 831 g/mol. The molecule has 0 aromatic carbocycles. The molecule has 0 saturated carbocycles. The van der Waals surface area contributed by atoms with Gasteiger partial charge in [-0.1, -0.05) is 231 Å². The van der Waals surface area contributed by atoms with Crippen LogP contribution in [0, 0.1) is 0 Å². The van der Waals surface area contributed by atoms with E-state index in [1.54, 1.807) is 0 Å². The van der Waals surface area contributed by atoms with Crippen molar-refractivity contribution in [2.45, 2.75) is 284 Å². The second kappa shape index (κ2) is 48.6. The molecule has 6 heteroatoms. The van der Waals surface area contributed by atoms with Gasteiger partial charge in [-0.15, -0.1) is 0 Å². The summed E-state index contributed by atoms with van der Waals surface area (Å²) in [7, 11) is 0. The van der Waals surface area contributed by atoms with Crippen molar-refractivity contribution in [1.82, 2.24) is 0 Å². The summed E-state index contributed by atoms with van der Waals surface area (Å²) < 4.78 is 16.7. The number of carbonyl (C=O) groups excluding carboxylic acids is 3. The summed E-state index contributed by atoms with van der Waals surface area (Å²) in [6.45, 7) is 6.58. The minimum Gasteiger partial charge on any atom is -0.462 e. The lowest BCUT2D eigenvalue weighted by Crippen LogP contribution is -2.30. The van der Waals surface area contributed by atoms with Gasteiger partial charge in [0.1, 0.15) is 13.2 Å². The molecule has 0 aliphatic heterocycles. The van der Waals surface area contributed by atoms with Crippen LogP contribution in [0.2, 0.25) is 0 Å². The zero-order valence-corrected chi connectivity index (χ0v) is 39.5. The van der Waals surface area contributed by atoms with Gasteiger partial charge in [-0.2, -0.15) is 0 Å². The minimum atomic E-state index is -0.767. The van der Waals surface area contributed by atoms with Crippen molar-refractivity contribution >= 4 is 17.9 Å². The Bertz CT molecular complexity index is 958. The lowest BCUT2D eigenvalue weighted by atomic mass is 10.0. The first-order chi connectivity index (χ1) is 29.0. The van der Waals surface area contributed by atoms with Crippen LogP contribution < -0.4 is 0 Å². The van der Waals surface area contributed by atoms with Crippen molar-refractivity contribution in [3.63, 3.8) is 0 Å². The number of hydrogen-bond donors (Lipinski definition) is 0. The van der Waals surface area contributed by atoms with Crippen LogP contribution in [-0.2, 0) is 28.6 Å². The number of allylic oxidation sites excluding steroid dienone is 4. The third kappa shape index (κ3) is 46.8. The van der Waals surface area contributed by atoms with Crippen LogP contribution in [0.4, 0.5) is 0 Å². The maximum atomic E-state index is 12.7. The number of hydrogen-bond acceptors (Lipinski definition) is 6. The van der Waals surface area contributed by atoms with Crippen LogP contribution in [0.1, 0.15) is 278 Å². The maximum Gasteiger partial charge on any atom is 0.306 e. The van der Waals surface area contributed by atoms with E-state index in [0.29, 0.717) is 19.3 Å². The third-order valence-corrected chi connectivity index (χ3v) is 11.5. The van der Waals surface area contributed by atoms with E-state index in [4.69, 9.17) is 14.2 Å². The molecule has 346 valence electrons. The lowest BCUT2D eigenvalue weighted by Gasteiger charge is -2.18. The summed E-state index contributed by atoms with van der Waals surface area (Å²) in [5.74, 6) is -0.876. The fourth-order valence-corrected chi connectivity index (χ4v) is 7.53. The predicted molar refractivity (Wildman–Crippen MR) is 252 cm³/mol. The van der Waals surface area contributed by atoms with Crippen molar-refractivity contribution in [3.8, 4) is 0 Å². The first-order valence-corrected chi connectivity index (χ1v) is 25.8. The highest BCUT2D eigenvalue weighted by atomic mass is 16.6. The highest BCUT2D eigenvalue weighted by Crippen LogP contribution is 2.16.